The molecule has 3 aromatic rings. The third kappa shape index (κ3) is 4.76. The lowest BCUT2D eigenvalue weighted by molar-refractivity contribution is 0.243. The van der Waals surface area contributed by atoms with Crippen LogP contribution in [0.5, 0.6) is 5.88 Å². The predicted molar refractivity (Wildman–Crippen MR) is 106 cm³/mol. The van der Waals surface area contributed by atoms with Gasteiger partial charge in [0.15, 0.2) is 11.6 Å². The molecule has 0 atom stereocenters. The van der Waals surface area contributed by atoms with Crippen LogP contribution in [0.4, 0.5) is 5.82 Å². The fourth-order valence-corrected chi connectivity index (χ4v) is 3.35. The van der Waals surface area contributed by atoms with Gasteiger partial charge in [-0.3, -0.25) is 15.0 Å². The summed E-state index contributed by atoms with van der Waals surface area (Å²) in [4.78, 5) is 17.8. The third-order valence-electron chi connectivity index (χ3n) is 4.58. The van der Waals surface area contributed by atoms with Crippen LogP contribution in [0, 0.1) is 6.92 Å². The van der Waals surface area contributed by atoms with Crippen LogP contribution in [0.25, 0.3) is 0 Å². The molecule has 1 aliphatic rings. The number of aromatic nitrogens is 5. The van der Waals surface area contributed by atoms with Crippen molar-refractivity contribution in [1.82, 2.24) is 30.0 Å². The first-order valence-corrected chi connectivity index (χ1v) is 9.58. The zero-order valence-electron chi connectivity index (χ0n) is 15.7. The number of benzene rings is 1. The Kier molecular flexibility index (Phi) is 5.68. The van der Waals surface area contributed by atoms with Gasteiger partial charge in [0, 0.05) is 31.2 Å². The molecule has 2 aromatic heterocycles. The summed E-state index contributed by atoms with van der Waals surface area (Å²) in [5.74, 6) is 3.02. The van der Waals surface area contributed by atoms with Crippen LogP contribution in [0.2, 0.25) is 5.02 Å². The van der Waals surface area contributed by atoms with E-state index in [0.717, 1.165) is 55.8 Å². The van der Waals surface area contributed by atoms with Gasteiger partial charge < -0.3 is 9.64 Å². The van der Waals surface area contributed by atoms with Gasteiger partial charge in [0.1, 0.15) is 12.4 Å². The third-order valence-corrected chi connectivity index (χ3v) is 4.82. The van der Waals surface area contributed by atoms with E-state index in [-0.39, 0.29) is 0 Å². The quantitative estimate of drug-likeness (QED) is 0.681. The normalized spacial score (nSPS) is 15.0. The highest BCUT2D eigenvalue weighted by atomic mass is 35.5. The van der Waals surface area contributed by atoms with Crippen molar-refractivity contribution in [2.45, 2.75) is 20.1 Å². The number of aromatic amines is 1. The lowest BCUT2D eigenvalue weighted by Gasteiger charge is -2.34. The average molecular weight is 400 g/mol. The van der Waals surface area contributed by atoms with Gasteiger partial charge in [0.2, 0.25) is 5.88 Å². The van der Waals surface area contributed by atoms with Gasteiger partial charge in [-0.15, -0.1) is 0 Å². The molecule has 146 valence electrons. The van der Waals surface area contributed by atoms with Crippen molar-refractivity contribution in [2.24, 2.45) is 0 Å². The molecule has 1 saturated heterocycles. The first-order chi connectivity index (χ1) is 13.7. The molecular weight excluding hydrogens is 378 g/mol. The maximum Gasteiger partial charge on any atom is 0.234 e. The number of rotatable bonds is 6. The summed E-state index contributed by atoms with van der Waals surface area (Å²) in [5.41, 5.74) is 0.996. The first kappa shape index (κ1) is 18.6. The Morgan fingerprint density at radius 2 is 2.00 bits per heavy atom. The number of piperazine rings is 1. The standard InChI is InChI=1S/C19H22ClN7O/c1-14-22-17(25-24-14)12-26-5-7-27(8-6-26)18-10-21-11-19(23-18)28-13-15-3-2-4-16(20)9-15/h2-4,9-11H,5-8,12-13H2,1H3,(H,22,24,25). The van der Waals surface area contributed by atoms with Crippen LogP contribution in [0.1, 0.15) is 17.2 Å². The van der Waals surface area contributed by atoms with E-state index < -0.39 is 0 Å². The van der Waals surface area contributed by atoms with Gasteiger partial charge in [-0.1, -0.05) is 23.7 Å². The number of hydrogen-bond donors (Lipinski definition) is 1. The molecule has 9 heteroatoms. The summed E-state index contributed by atoms with van der Waals surface area (Å²) in [7, 11) is 0. The number of nitrogens with zero attached hydrogens (tertiary/aromatic N) is 6. The van der Waals surface area contributed by atoms with Crippen molar-refractivity contribution < 1.29 is 4.74 Å². The van der Waals surface area contributed by atoms with Gasteiger partial charge in [-0.2, -0.15) is 10.1 Å². The van der Waals surface area contributed by atoms with E-state index in [4.69, 9.17) is 16.3 Å². The number of nitrogens with one attached hydrogen (secondary N) is 1. The molecule has 1 aliphatic heterocycles. The summed E-state index contributed by atoms with van der Waals surface area (Å²) in [6.45, 7) is 6.65. The number of aryl methyl sites for hydroxylation is 1. The summed E-state index contributed by atoms with van der Waals surface area (Å²) in [6.07, 6.45) is 3.41. The van der Waals surface area contributed by atoms with E-state index in [1.54, 1.807) is 12.4 Å². The van der Waals surface area contributed by atoms with E-state index in [2.05, 4.69) is 34.9 Å². The first-order valence-electron chi connectivity index (χ1n) is 9.20. The fraction of sp³-hybridized carbons (Fsp3) is 0.368. The highest BCUT2D eigenvalue weighted by Gasteiger charge is 2.20. The number of halogens is 1. The molecular formula is C19H22ClN7O. The largest absolute Gasteiger partial charge is 0.472 e. The molecule has 28 heavy (non-hydrogen) atoms. The SMILES string of the molecule is Cc1nc(CN2CCN(c3cncc(OCc4cccc(Cl)c4)n3)CC2)n[nH]1. The van der Waals surface area contributed by atoms with E-state index in [9.17, 15) is 0 Å². The Morgan fingerprint density at radius 1 is 1.14 bits per heavy atom. The summed E-state index contributed by atoms with van der Waals surface area (Å²) < 4.78 is 5.79. The van der Waals surface area contributed by atoms with Gasteiger partial charge in [0.25, 0.3) is 0 Å². The molecule has 0 amide bonds. The van der Waals surface area contributed by atoms with Crippen molar-refractivity contribution in [3.63, 3.8) is 0 Å². The zero-order valence-corrected chi connectivity index (χ0v) is 16.4. The predicted octanol–water partition coefficient (Wildman–Crippen LogP) is 2.46. The van der Waals surface area contributed by atoms with Gasteiger partial charge in [-0.05, 0) is 24.6 Å². The molecule has 0 saturated carbocycles. The monoisotopic (exact) mass is 399 g/mol. The van der Waals surface area contributed by atoms with E-state index in [1.807, 2.05) is 31.2 Å². The molecule has 0 radical (unpaired) electrons. The van der Waals surface area contributed by atoms with Crippen LogP contribution >= 0.6 is 11.6 Å². The summed E-state index contributed by atoms with van der Waals surface area (Å²) in [6, 6.07) is 7.60. The van der Waals surface area contributed by atoms with Gasteiger partial charge >= 0.3 is 0 Å². The minimum absolute atomic E-state index is 0.405. The molecule has 4 rings (SSSR count). The average Bonchev–Trinajstić information content (AvgIpc) is 3.12. The van der Waals surface area contributed by atoms with Crippen LogP contribution in [0.15, 0.2) is 36.7 Å². The molecule has 8 nitrogen and oxygen atoms in total. The second kappa shape index (κ2) is 8.53. The van der Waals surface area contributed by atoms with E-state index in [1.165, 1.54) is 0 Å². The number of ether oxygens (including phenoxy) is 1. The van der Waals surface area contributed by atoms with Crippen LogP contribution in [-0.4, -0.2) is 56.2 Å². The highest BCUT2D eigenvalue weighted by Crippen LogP contribution is 2.18. The molecule has 0 aliphatic carbocycles. The van der Waals surface area contributed by atoms with Crippen molar-refractivity contribution >= 4 is 17.4 Å². The second-order valence-corrected chi connectivity index (χ2v) is 7.17. The van der Waals surface area contributed by atoms with Crippen molar-refractivity contribution in [3.8, 4) is 5.88 Å². The Morgan fingerprint density at radius 3 is 2.75 bits per heavy atom. The van der Waals surface area contributed by atoms with Crippen LogP contribution in [0.3, 0.4) is 0 Å². The Labute approximate surface area is 168 Å². The Hall–Kier alpha value is -2.71. The molecule has 0 unspecified atom stereocenters. The Bertz CT molecular complexity index is 924. The number of H-pyrrole nitrogens is 1. The molecule has 3 heterocycles. The molecule has 1 fully saturated rings. The van der Waals surface area contributed by atoms with Crippen molar-refractivity contribution in [1.29, 1.82) is 0 Å². The van der Waals surface area contributed by atoms with Crippen LogP contribution < -0.4 is 9.64 Å². The fourth-order valence-electron chi connectivity index (χ4n) is 3.14. The Balaban J connectivity index is 1.32. The zero-order chi connectivity index (χ0) is 19.3. The van der Waals surface area contributed by atoms with E-state index in [0.29, 0.717) is 17.5 Å². The lowest BCUT2D eigenvalue weighted by Crippen LogP contribution is -2.46. The second-order valence-electron chi connectivity index (χ2n) is 6.73. The maximum atomic E-state index is 6.01. The smallest absolute Gasteiger partial charge is 0.234 e. The summed E-state index contributed by atoms with van der Waals surface area (Å²) in [5, 5.41) is 7.79. The van der Waals surface area contributed by atoms with Gasteiger partial charge in [-0.25, -0.2) is 4.98 Å². The van der Waals surface area contributed by atoms with Crippen molar-refractivity contribution in [2.75, 3.05) is 31.1 Å². The number of anilines is 1. The number of hydrogen-bond acceptors (Lipinski definition) is 7. The van der Waals surface area contributed by atoms with Gasteiger partial charge in [0.05, 0.1) is 18.9 Å². The van der Waals surface area contributed by atoms with E-state index >= 15 is 0 Å². The van der Waals surface area contributed by atoms with Crippen molar-refractivity contribution in [3.05, 3.63) is 58.9 Å². The summed E-state index contributed by atoms with van der Waals surface area (Å²) >= 11 is 6.01. The lowest BCUT2D eigenvalue weighted by atomic mass is 10.2. The molecule has 1 N–H and O–H groups in total. The molecule has 0 bridgehead atoms. The van der Waals surface area contributed by atoms with Crippen LogP contribution in [-0.2, 0) is 13.2 Å². The minimum Gasteiger partial charge on any atom is -0.472 e. The molecule has 1 aromatic carbocycles. The topological polar surface area (TPSA) is 83.1 Å². The minimum atomic E-state index is 0.405. The maximum absolute atomic E-state index is 6.01. The molecule has 0 spiro atoms. The highest BCUT2D eigenvalue weighted by molar-refractivity contribution is 6.30.